The molecule has 1 fully saturated rings. The molecule has 1 unspecified atom stereocenters. The quantitative estimate of drug-likeness (QED) is 0.798. The van der Waals surface area contributed by atoms with Gasteiger partial charge >= 0.3 is 0 Å². The zero-order chi connectivity index (χ0) is 9.80. The lowest BCUT2D eigenvalue weighted by atomic mass is 9.95. The van der Waals surface area contributed by atoms with Gasteiger partial charge in [-0.15, -0.1) is 0 Å². The van der Waals surface area contributed by atoms with E-state index in [0.29, 0.717) is 6.04 Å². The Morgan fingerprint density at radius 2 is 2.21 bits per heavy atom. The lowest BCUT2D eigenvalue weighted by Gasteiger charge is -2.15. The van der Waals surface area contributed by atoms with Crippen molar-refractivity contribution in [3.05, 3.63) is 24.2 Å². The van der Waals surface area contributed by atoms with Crippen LogP contribution < -0.4 is 5.73 Å². The second kappa shape index (κ2) is 4.65. The molecule has 0 saturated heterocycles. The smallest absolute Gasteiger partial charge is 0.0935 e. The van der Waals surface area contributed by atoms with Crippen molar-refractivity contribution in [1.82, 2.24) is 0 Å². The maximum absolute atomic E-state index is 6.10. The van der Waals surface area contributed by atoms with Gasteiger partial charge < -0.3 is 10.2 Å². The third-order valence-electron chi connectivity index (χ3n) is 3.19. The topological polar surface area (TPSA) is 39.2 Å². The Balaban J connectivity index is 1.75. The zero-order valence-electron chi connectivity index (χ0n) is 8.61. The Kier molecular flexibility index (Phi) is 3.25. The summed E-state index contributed by atoms with van der Waals surface area (Å²) in [5.41, 5.74) is 7.33. The normalized spacial score (nSPS) is 20.1. The van der Waals surface area contributed by atoms with E-state index in [4.69, 9.17) is 10.2 Å². The lowest BCUT2D eigenvalue weighted by molar-refractivity contribution is 0.439. The van der Waals surface area contributed by atoms with Crippen LogP contribution in [0.4, 0.5) is 0 Å². The summed E-state index contributed by atoms with van der Waals surface area (Å²) in [5.74, 6) is 0.886. The molecule has 0 bridgehead atoms. The van der Waals surface area contributed by atoms with Gasteiger partial charge in [0.1, 0.15) is 0 Å². The van der Waals surface area contributed by atoms with E-state index in [2.05, 4.69) is 0 Å². The third kappa shape index (κ3) is 2.61. The fourth-order valence-corrected chi connectivity index (χ4v) is 2.47. The molecule has 0 spiro atoms. The van der Waals surface area contributed by atoms with Crippen molar-refractivity contribution >= 4 is 0 Å². The molecule has 1 saturated carbocycles. The summed E-state index contributed by atoms with van der Waals surface area (Å²) in [6, 6.07) is 2.32. The molecule has 1 aromatic rings. The molecule has 2 rings (SSSR count). The average molecular weight is 193 g/mol. The van der Waals surface area contributed by atoms with Crippen LogP contribution in [-0.4, -0.2) is 6.04 Å². The molecule has 1 aromatic heterocycles. The van der Waals surface area contributed by atoms with E-state index >= 15 is 0 Å². The fourth-order valence-electron chi connectivity index (χ4n) is 2.47. The van der Waals surface area contributed by atoms with E-state index < -0.39 is 0 Å². The minimum atomic E-state index is 0.315. The summed E-state index contributed by atoms with van der Waals surface area (Å²) in [6.07, 6.45) is 11.3. The Hall–Kier alpha value is -0.760. The van der Waals surface area contributed by atoms with Crippen LogP contribution in [0.3, 0.4) is 0 Å². The van der Waals surface area contributed by atoms with Crippen LogP contribution in [0.2, 0.25) is 0 Å². The van der Waals surface area contributed by atoms with E-state index in [1.807, 2.05) is 6.07 Å². The maximum atomic E-state index is 6.10. The molecule has 0 aromatic carbocycles. The standard InChI is InChI=1S/C12H19NO/c13-12(7-10-3-1-2-4-10)8-11-5-6-14-9-11/h5-6,9-10,12H,1-4,7-8,13H2. The molecule has 1 aliphatic rings. The Morgan fingerprint density at radius 3 is 2.86 bits per heavy atom. The second-order valence-electron chi connectivity index (χ2n) is 4.48. The number of rotatable bonds is 4. The molecule has 78 valence electrons. The SMILES string of the molecule is NC(Cc1ccoc1)CC1CCCC1. The number of hydrogen-bond donors (Lipinski definition) is 1. The average Bonchev–Trinajstić information content (AvgIpc) is 2.76. The van der Waals surface area contributed by atoms with Crippen molar-refractivity contribution in [1.29, 1.82) is 0 Å². The van der Waals surface area contributed by atoms with Gasteiger partial charge in [-0.1, -0.05) is 25.7 Å². The zero-order valence-corrected chi connectivity index (χ0v) is 8.61. The first-order valence-corrected chi connectivity index (χ1v) is 5.61. The van der Waals surface area contributed by atoms with Crippen LogP contribution in [0, 0.1) is 5.92 Å². The van der Waals surface area contributed by atoms with E-state index in [-0.39, 0.29) is 0 Å². The summed E-state index contributed by atoms with van der Waals surface area (Å²) >= 11 is 0. The van der Waals surface area contributed by atoms with Gasteiger partial charge in [-0.05, 0) is 30.4 Å². The molecule has 1 heterocycles. The van der Waals surface area contributed by atoms with Gasteiger partial charge in [0.25, 0.3) is 0 Å². The molecular formula is C12H19NO. The molecule has 2 heteroatoms. The number of furan rings is 1. The monoisotopic (exact) mass is 193 g/mol. The highest BCUT2D eigenvalue weighted by Gasteiger charge is 2.18. The fraction of sp³-hybridized carbons (Fsp3) is 0.667. The van der Waals surface area contributed by atoms with Crippen molar-refractivity contribution < 1.29 is 4.42 Å². The highest BCUT2D eigenvalue weighted by Crippen LogP contribution is 2.28. The highest BCUT2D eigenvalue weighted by molar-refractivity contribution is 5.07. The van der Waals surface area contributed by atoms with Crippen LogP contribution in [0.25, 0.3) is 0 Å². The van der Waals surface area contributed by atoms with Crippen molar-refractivity contribution in [3.63, 3.8) is 0 Å². The Labute approximate surface area is 85.5 Å². The maximum Gasteiger partial charge on any atom is 0.0935 e. The molecule has 0 amide bonds. The van der Waals surface area contributed by atoms with Gasteiger partial charge in [-0.2, -0.15) is 0 Å². The largest absolute Gasteiger partial charge is 0.472 e. The summed E-state index contributed by atoms with van der Waals surface area (Å²) < 4.78 is 5.03. The lowest BCUT2D eigenvalue weighted by Crippen LogP contribution is -2.25. The summed E-state index contributed by atoms with van der Waals surface area (Å²) in [7, 11) is 0. The predicted molar refractivity (Wildman–Crippen MR) is 57.0 cm³/mol. The Bertz CT molecular complexity index is 249. The van der Waals surface area contributed by atoms with Gasteiger partial charge in [0.05, 0.1) is 12.5 Å². The molecule has 14 heavy (non-hydrogen) atoms. The molecular weight excluding hydrogens is 174 g/mol. The number of hydrogen-bond acceptors (Lipinski definition) is 2. The van der Waals surface area contributed by atoms with Crippen molar-refractivity contribution in [2.24, 2.45) is 11.7 Å². The minimum absolute atomic E-state index is 0.315. The van der Waals surface area contributed by atoms with Crippen molar-refractivity contribution in [2.45, 2.75) is 44.6 Å². The molecule has 0 radical (unpaired) electrons. The molecule has 0 aliphatic heterocycles. The first kappa shape index (κ1) is 9.78. The first-order valence-electron chi connectivity index (χ1n) is 5.61. The summed E-state index contributed by atoms with van der Waals surface area (Å²) in [5, 5.41) is 0. The Morgan fingerprint density at radius 1 is 1.43 bits per heavy atom. The van der Waals surface area contributed by atoms with Crippen LogP contribution in [-0.2, 0) is 6.42 Å². The molecule has 2 nitrogen and oxygen atoms in total. The van der Waals surface area contributed by atoms with Crippen LogP contribution in [0.15, 0.2) is 23.0 Å². The van der Waals surface area contributed by atoms with E-state index in [1.165, 1.54) is 37.7 Å². The third-order valence-corrected chi connectivity index (χ3v) is 3.19. The molecule has 2 N–H and O–H groups in total. The summed E-state index contributed by atoms with van der Waals surface area (Å²) in [4.78, 5) is 0. The van der Waals surface area contributed by atoms with Gasteiger partial charge in [-0.25, -0.2) is 0 Å². The van der Waals surface area contributed by atoms with Crippen molar-refractivity contribution in [3.8, 4) is 0 Å². The van der Waals surface area contributed by atoms with E-state index in [1.54, 1.807) is 12.5 Å². The summed E-state index contributed by atoms with van der Waals surface area (Å²) in [6.45, 7) is 0. The van der Waals surface area contributed by atoms with Crippen LogP contribution >= 0.6 is 0 Å². The molecule has 1 aliphatic carbocycles. The number of nitrogens with two attached hydrogens (primary N) is 1. The first-order chi connectivity index (χ1) is 6.84. The van der Waals surface area contributed by atoms with Gasteiger partial charge in [0.15, 0.2) is 0 Å². The predicted octanol–water partition coefficient (Wildman–Crippen LogP) is 2.73. The van der Waals surface area contributed by atoms with Gasteiger partial charge in [0.2, 0.25) is 0 Å². The minimum Gasteiger partial charge on any atom is -0.472 e. The second-order valence-corrected chi connectivity index (χ2v) is 4.48. The highest BCUT2D eigenvalue weighted by atomic mass is 16.3. The van der Waals surface area contributed by atoms with Gasteiger partial charge in [-0.3, -0.25) is 0 Å². The molecule has 1 atom stereocenters. The van der Waals surface area contributed by atoms with Crippen LogP contribution in [0.1, 0.15) is 37.7 Å². The van der Waals surface area contributed by atoms with Crippen LogP contribution in [0.5, 0.6) is 0 Å². The van der Waals surface area contributed by atoms with Gasteiger partial charge in [0, 0.05) is 6.04 Å². The van der Waals surface area contributed by atoms with E-state index in [9.17, 15) is 0 Å². The van der Waals surface area contributed by atoms with Crippen molar-refractivity contribution in [2.75, 3.05) is 0 Å². The van der Waals surface area contributed by atoms with E-state index in [0.717, 1.165) is 12.3 Å².